The van der Waals surface area contributed by atoms with E-state index in [4.69, 9.17) is 4.42 Å². The highest BCUT2D eigenvalue weighted by molar-refractivity contribution is 7.07. The van der Waals surface area contributed by atoms with Gasteiger partial charge in [-0.2, -0.15) is 11.3 Å². The molecule has 2 heterocycles. The standard InChI is InChI=1S/C8H6O.C6H6.C4H4S.3C4H10.3C2H6/c1-2-4-8-7(3-1)5-6-9-8;1-2-4-6-5-3-1;1-2-4-5-3-1;3*1-4(2)3;3*1-2/h1-6H;1-6H;1-4H;3*4H,1-3H3;3*1-2H3. The van der Waals surface area contributed by atoms with Crippen molar-refractivity contribution in [3.8, 4) is 0 Å². The van der Waals surface area contributed by atoms with Crippen molar-refractivity contribution in [2.24, 2.45) is 17.8 Å². The third-order valence-electron chi connectivity index (χ3n) is 2.45. The second-order valence-corrected chi connectivity index (χ2v) is 9.92. The minimum Gasteiger partial charge on any atom is -0.464 e. The van der Waals surface area contributed by atoms with Crippen molar-refractivity contribution in [2.45, 2.75) is 104 Å². The van der Waals surface area contributed by atoms with Crippen molar-refractivity contribution in [3.05, 3.63) is 95.9 Å². The van der Waals surface area contributed by atoms with E-state index in [-0.39, 0.29) is 0 Å². The Balaban J connectivity index is -0.000000114. The molecule has 2 aromatic heterocycles. The average Bonchev–Trinajstić information content (AvgIpc) is 3.64. The van der Waals surface area contributed by atoms with Crippen LogP contribution in [-0.4, -0.2) is 0 Å². The van der Waals surface area contributed by atoms with Gasteiger partial charge in [-0.3, -0.25) is 0 Å². The highest BCUT2D eigenvalue weighted by Gasteiger charge is 1.89. The Morgan fingerprint density at radius 2 is 0.763 bits per heavy atom. The van der Waals surface area contributed by atoms with Gasteiger partial charge in [0, 0.05) is 5.39 Å². The first-order valence-electron chi connectivity index (χ1n) is 14.6. The quantitative estimate of drug-likeness (QED) is 0.214. The summed E-state index contributed by atoms with van der Waals surface area (Å²) in [6.45, 7) is 31.5. The SMILES string of the molecule is CC.CC.CC.CC(C)C.CC(C)C.CC(C)C.c1ccc2occc2c1.c1ccccc1.c1ccsc1. The van der Waals surface area contributed by atoms with Crippen molar-refractivity contribution in [1.29, 1.82) is 0 Å². The van der Waals surface area contributed by atoms with E-state index in [1.165, 1.54) is 0 Å². The summed E-state index contributed by atoms with van der Waals surface area (Å²) in [7, 11) is 0. The van der Waals surface area contributed by atoms with E-state index in [1.807, 2.05) is 131 Å². The Bertz CT molecular complexity index is 703. The van der Waals surface area contributed by atoms with Gasteiger partial charge in [0.15, 0.2) is 0 Å². The second kappa shape index (κ2) is 41.8. The Hall–Kier alpha value is -2.32. The number of hydrogen-bond donors (Lipinski definition) is 0. The number of hydrogen-bond acceptors (Lipinski definition) is 2. The molecule has 0 aliphatic rings. The molecule has 4 aromatic rings. The van der Waals surface area contributed by atoms with Gasteiger partial charge in [0.2, 0.25) is 0 Å². The van der Waals surface area contributed by atoms with Crippen molar-refractivity contribution >= 4 is 22.3 Å². The summed E-state index contributed by atoms with van der Waals surface area (Å²) >= 11 is 1.71. The molecule has 0 atom stereocenters. The van der Waals surface area contributed by atoms with Gasteiger partial charge in [-0.05, 0) is 40.6 Å². The van der Waals surface area contributed by atoms with Gasteiger partial charge < -0.3 is 4.42 Å². The van der Waals surface area contributed by atoms with Crippen LogP contribution in [0.3, 0.4) is 0 Å². The molecule has 0 N–H and O–H groups in total. The summed E-state index contributed by atoms with van der Waals surface area (Å²) in [5, 5.41) is 5.25. The number of benzene rings is 2. The van der Waals surface area contributed by atoms with Crippen molar-refractivity contribution in [3.63, 3.8) is 0 Å². The average molecular weight is 545 g/mol. The molecular formula is C36H64OS. The predicted molar refractivity (Wildman–Crippen MR) is 183 cm³/mol. The molecule has 1 nitrogen and oxygen atoms in total. The zero-order valence-electron chi connectivity index (χ0n) is 27.8. The predicted octanol–water partition coefficient (Wildman–Crippen LogP) is 13.9. The van der Waals surface area contributed by atoms with Gasteiger partial charge in [0.05, 0.1) is 6.26 Å². The highest BCUT2D eigenvalue weighted by Crippen LogP contribution is 2.12. The van der Waals surface area contributed by atoms with Gasteiger partial charge >= 0.3 is 0 Å². The van der Waals surface area contributed by atoms with E-state index in [1.54, 1.807) is 17.6 Å². The topological polar surface area (TPSA) is 13.1 Å². The van der Waals surface area contributed by atoms with Crippen LogP contribution in [0.25, 0.3) is 11.0 Å². The molecule has 0 spiro atoms. The minimum absolute atomic E-state index is 0.833. The molecule has 0 fully saturated rings. The van der Waals surface area contributed by atoms with Crippen LogP contribution in [0.4, 0.5) is 0 Å². The fourth-order valence-corrected chi connectivity index (χ4v) is 1.97. The molecule has 220 valence electrons. The number of para-hydroxylation sites is 1. The maximum Gasteiger partial charge on any atom is 0.133 e. The first-order chi connectivity index (χ1) is 18.2. The zero-order chi connectivity index (χ0) is 30.6. The monoisotopic (exact) mass is 544 g/mol. The molecule has 0 aliphatic heterocycles. The Morgan fingerprint density at radius 1 is 0.447 bits per heavy atom. The van der Waals surface area contributed by atoms with E-state index in [2.05, 4.69) is 62.3 Å². The van der Waals surface area contributed by atoms with E-state index < -0.39 is 0 Å². The van der Waals surface area contributed by atoms with Gasteiger partial charge in [0.1, 0.15) is 5.58 Å². The fourth-order valence-electron chi connectivity index (χ4n) is 1.52. The first-order valence-corrected chi connectivity index (χ1v) is 15.5. The fraction of sp³-hybridized carbons (Fsp3) is 0.500. The molecule has 0 saturated carbocycles. The molecule has 0 saturated heterocycles. The van der Waals surface area contributed by atoms with Crippen molar-refractivity contribution < 1.29 is 4.42 Å². The summed E-state index contributed by atoms with van der Waals surface area (Å²) in [6, 6.07) is 25.9. The van der Waals surface area contributed by atoms with Crippen LogP contribution in [-0.2, 0) is 0 Å². The summed E-state index contributed by atoms with van der Waals surface area (Å²) < 4.78 is 5.12. The molecule has 0 radical (unpaired) electrons. The summed E-state index contributed by atoms with van der Waals surface area (Å²) in [5.74, 6) is 2.50. The van der Waals surface area contributed by atoms with Crippen LogP contribution in [0.2, 0.25) is 0 Å². The molecule has 0 unspecified atom stereocenters. The van der Waals surface area contributed by atoms with Crippen LogP contribution in [0.15, 0.2) is 100 Å². The molecule has 0 aliphatic carbocycles. The minimum atomic E-state index is 0.833. The lowest BCUT2D eigenvalue weighted by Gasteiger charge is -1.81. The lowest BCUT2D eigenvalue weighted by molar-refractivity contribution is 0.616. The van der Waals surface area contributed by atoms with Crippen LogP contribution in [0, 0.1) is 17.8 Å². The van der Waals surface area contributed by atoms with Gasteiger partial charge in [-0.15, -0.1) is 0 Å². The van der Waals surface area contributed by atoms with E-state index >= 15 is 0 Å². The Labute approximate surface area is 243 Å². The number of fused-ring (bicyclic) bond motifs is 1. The maximum atomic E-state index is 5.12. The van der Waals surface area contributed by atoms with Crippen LogP contribution in [0.5, 0.6) is 0 Å². The second-order valence-electron chi connectivity index (χ2n) is 9.10. The van der Waals surface area contributed by atoms with E-state index in [0.717, 1.165) is 28.7 Å². The van der Waals surface area contributed by atoms with Gasteiger partial charge in [0.25, 0.3) is 0 Å². The summed E-state index contributed by atoms with van der Waals surface area (Å²) in [6.07, 6.45) is 1.70. The Morgan fingerprint density at radius 3 is 1.03 bits per heavy atom. The molecular weight excluding hydrogens is 480 g/mol. The van der Waals surface area contributed by atoms with Crippen LogP contribution < -0.4 is 0 Å². The van der Waals surface area contributed by atoms with Crippen molar-refractivity contribution in [2.75, 3.05) is 0 Å². The molecule has 0 amide bonds. The van der Waals surface area contributed by atoms with Crippen LogP contribution in [0.1, 0.15) is 104 Å². The maximum absolute atomic E-state index is 5.12. The largest absolute Gasteiger partial charge is 0.464 e. The molecule has 2 heteroatoms. The van der Waals surface area contributed by atoms with E-state index in [9.17, 15) is 0 Å². The lowest BCUT2D eigenvalue weighted by atomic mass is 10.3. The molecule has 2 aromatic carbocycles. The third kappa shape index (κ3) is 54.5. The first kappa shape index (κ1) is 45.6. The number of rotatable bonds is 0. The molecule has 0 bridgehead atoms. The smallest absolute Gasteiger partial charge is 0.133 e. The summed E-state index contributed by atoms with van der Waals surface area (Å²) in [5.41, 5.74) is 0.956. The van der Waals surface area contributed by atoms with E-state index in [0.29, 0.717) is 0 Å². The molecule has 38 heavy (non-hydrogen) atoms. The third-order valence-corrected chi connectivity index (χ3v) is 3.08. The van der Waals surface area contributed by atoms with Gasteiger partial charge in [-0.1, -0.05) is 171 Å². The highest BCUT2D eigenvalue weighted by atomic mass is 32.1. The van der Waals surface area contributed by atoms with Crippen molar-refractivity contribution in [1.82, 2.24) is 0 Å². The normalized spacial score (nSPS) is 8.05. The lowest BCUT2D eigenvalue weighted by Crippen LogP contribution is -1.66. The summed E-state index contributed by atoms with van der Waals surface area (Å²) in [4.78, 5) is 0. The number of thiophene rings is 1. The molecule has 4 rings (SSSR count). The van der Waals surface area contributed by atoms with Gasteiger partial charge in [-0.25, -0.2) is 0 Å². The zero-order valence-corrected chi connectivity index (χ0v) is 28.6. The number of furan rings is 1. The van der Waals surface area contributed by atoms with Crippen LogP contribution >= 0.6 is 11.3 Å². The Kier molecular flexibility index (Phi) is 50.1.